The Morgan fingerprint density at radius 1 is 0.600 bits per heavy atom. The molecule has 1 aromatic heterocycles. The molecule has 0 aromatic carbocycles. The van der Waals surface area contributed by atoms with Crippen molar-refractivity contribution in [3.05, 3.63) is 29.6 Å². The first-order valence-corrected chi connectivity index (χ1v) is 10.7. The van der Waals surface area contributed by atoms with Gasteiger partial charge in [0.05, 0.1) is 0 Å². The second-order valence-electron chi connectivity index (χ2n) is 7.72. The van der Waals surface area contributed by atoms with Crippen LogP contribution in [0, 0.1) is 13.8 Å². The highest BCUT2D eigenvalue weighted by Crippen LogP contribution is 2.12. The molecule has 1 nitrogen and oxygen atoms in total. The molecule has 0 saturated heterocycles. The number of hydrogen-bond acceptors (Lipinski definition) is 0. The van der Waals surface area contributed by atoms with Crippen LogP contribution in [-0.4, -0.2) is 0 Å². The molecule has 1 heterocycles. The predicted octanol–water partition coefficient (Wildman–Crippen LogP) is 4.08. The highest BCUT2D eigenvalue weighted by molar-refractivity contribution is 5.11. The maximum atomic E-state index is 2.37. The number of unbranched alkanes of at least 4 members (excludes halogenated alkanes) is 13. The van der Waals surface area contributed by atoms with Gasteiger partial charge in [0.2, 0.25) is 0 Å². The normalized spacial score (nSPS) is 10.7. The van der Waals surface area contributed by atoms with E-state index in [9.17, 15) is 0 Å². The van der Waals surface area contributed by atoms with Gasteiger partial charge in [-0.25, -0.2) is 4.57 Å². The zero-order valence-electron chi connectivity index (χ0n) is 17.2. The summed E-state index contributed by atoms with van der Waals surface area (Å²) in [6, 6.07) is 2.25. The van der Waals surface area contributed by atoms with Crippen LogP contribution in [0.2, 0.25) is 0 Å². The first kappa shape index (κ1) is 24.4. The molecule has 0 amide bonds. The zero-order valence-corrected chi connectivity index (χ0v) is 17.9. The van der Waals surface area contributed by atoms with Crippen molar-refractivity contribution in [1.29, 1.82) is 0 Å². The number of nitrogens with zero attached hydrogens (tertiary/aromatic N) is 1. The van der Waals surface area contributed by atoms with Crippen LogP contribution in [0.1, 0.15) is 108 Å². The monoisotopic (exact) mass is 367 g/mol. The summed E-state index contributed by atoms with van der Waals surface area (Å²) >= 11 is 0. The standard InChI is InChI=1S/C23H42N.ClH/c1-4-5-6-7-8-9-10-11-12-13-14-15-16-17-18-24-20-22(2)19-23(3)21-24;/h19-21H,4-18H2,1-3H3;1H/q+1;/p-1. The van der Waals surface area contributed by atoms with Gasteiger partial charge in [-0.05, 0) is 26.3 Å². The number of pyridine rings is 1. The van der Waals surface area contributed by atoms with Crippen molar-refractivity contribution in [3.63, 3.8) is 0 Å². The number of hydrogen-bond donors (Lipinski definition) is 0. The molecule has 0 aliphatic carbocycles. The minimum absolute atomic E-state index is 0. The first-order chi connectivity index (χ1) is 11.7. The molecule has 0 aliphatic heterocycles. The van der Waals surface area contributed by atoms with Gasteiger partial charge in [0.15, 0.2) is 12.4 Å². The Balaban J connectivity index is 0.00000576. The van der Waals surface area contributed by atoms with Crippen molar-refractivity contribution < 1.29 is 17.0 Å². The van der Waals surface area contributed by atoms with Gasteiger partial charge >= 0.3 is 0 Å². The average Bonchev–Trinajstić information content (AvgIpc) is 2.54. The fraction of sp³-hybridized carbons (Fsp3) is 0.783. The maximum absolute atomic E-state index is 2.37. The largest absolute Gasteiger partial charge is 1.00 e. The molecule has 0 bridgehead atoms. The van der Waals surface area contributed by atoms with Crippen LogP contribution in [0.4, 0.5) is 0 Å². The van der Waals surface area contributed by atoms with Gasteiger partial charge in [0, 0.05) is 17.5 Å². The van der Waals surface area contributed by atoms with Crippen molar-refractivity contribution in [2.45, 2.75) is 117 Å². The SMILES string of the molecule is CCCCCCCCCCCCCCCC[n+]1cc(C)cc(C)c1.[Cl-]. The van der Waals surface area contributed by atoms with E-state index in [1.54, 1.807) is 0 Å². The van der Waals surface area contributed by atoms with Crippen molar-refractivity contribution in [2.75, 3.05) is 0 Å². The van der Waals surface area contributed by atoms with Gasteiger partial charge in [0.25, 0.3) is 0 Å². The molecule has 0 fully saturated rings. The minimum atomic E-state index is 0. The summed E-state index contributed by atoms with van der Waals surface area (Å²) in [5.74, 6) is 0. The highest BCUT2D eigenvalue weighted by Gasteiger charge is 2.02. The molecule has 0 N–H and O–H groups in total. The molecule has 1 rings (SSSR count). The van der Waals surface area contributed by atoms with Gasteiger partial charge in [-0.2, -0.15) is 0 Å². The highest BCUT2D eigenvalue weighted by atomic mass is 35.5. The maximum Gasteiger partial charge on any atom is 0.171 e. The lowest BCUT2D eigenvalue weighted by Gasteiger charge is -2.03. The van der Waals surface area contributed by atoms with Crippen molar-refractivity contribution in [1.82, 2.24) is 0 Å². The quantitative estimate of drug-likeness (QED) is 0.325. The molecular formula is C23H42ClN. The lowest BCUT2D eigenvalue weighted by molar-refractivity contribution is -0.698. The van der Waals surface area contributed by atoms with E-state index in [-0.39, 0.29) is 12.4 Å². The van der Waals surface area contributed by atoms with E-state index in [1.165, 1.54) is 108 Å². The van der Waals surface area contributed by atoms with E-state index in [2.05, 4.69) is 43.8 Å². The Bertz CT molecular complexity index is 396. The molecule has 0 radical (unpaired) electrons. The van der Waals surface area contributed by atoms with E-state index in [1.807, 2.05) is 0 Å². The smallest absolute Gasteiger partial charge is 0.171 e. The van der Waals surface area contributed by atoms with Crippen molar-refractivity contribution in [3.8, 4) is 0 Å². The molecule has 0 spiro atoms. The van der Waals surface area contributed by atoms with Crippen molar-refractivity contribution >= 4 is 0 Å². The van der Waals surface area contributed by atoms with Gasteiger partial charge in [0.1, 0.15) is 6.54 Å². The van der Waals surface area contributed by atoms with E-state index < -0.39 is 0 Å². The van der Waals surface area contributed by atoms with Crippen LogP contribution in [0.5, 0.6) is 0 Å². The Kier molecular flexibility index (Phi) is 16.5. The van der Waals surface area contributed by atoms with Gasteiger partial charge in [-0.15, -0.1) is 0 Å². The molecule has 1 aromatic rings. The molecule has 0 atom stereocenters. The Morgan fingerprint density at radius 3 is 1.36 bits per heavy atom. The summed E-state index contributed by atoms with van der Waals surface area (Å²) in [6.07, 6.45) is 24.6. The summed E-state index contributed by atoms with van der Waals surface area (Å²) in [4.78, 5) is 0. The Labute approximate surface area is 164 Å². The summed E-state index contributed by atoms with van der Waals surface area (Å²) < 4.78 is 2.37. The van der Waals surface area contributed by atoms with Gasteiger partial charge < -0.3 is 12.4 Å². The molecule has 2 heteroatoms. The van der Waals surface area contributed by atoms with Crippen LogP contribution in [0.25, 0.3) is 0 Å². The summed E-state index contributed by atoms with van der Waals surface area (Å²) in [6.45, 7) is 7.85. The Hall–Kier alpha value is -0.560. The van der Waals surface area contributed by atoms with Crippen LogP contribution >= 0.6 is 0 Å². The van der Waals surface area contributed by atoms with E-state index in [0.717, 1.165) is 0 Å². The van der Waals surface area contributed by atoms with Crippen LogP contribution in [0.15, 0.2) is 18.5 Å². The van der Waals surface area contributed by atoms with Crippen LogP contribution in [0.3, 0.4) is 0 Å². The number of aryl methyl sites for hydroxylation is 3. The van der Waals surface area contributed by atoms with E-state index >= 15 is 0 Å². The fourth-order valence-corrected chi connectivity index (χ4v) is 3.61. The third-order valence-electron chi connectivity index (χ3n) is 4.96. The topological polar surface area (TPSA) is 3.88 Å². The number of aromatic nitrogens is 1. The van der Waals surface area contributed by atoms with Gasteiger partial charge in [-0.3, -0.25) is 0 Å². The second-order valence-corrected chi connectivity index (χ2v) is 7.72. The number of halogens is 1. The summed E-state index contributed by atoms with van der Waals surface area (Å²) in [5.41, 5.74) is 2.75. The predicted molar refractivity (Wildman–Crippen MR) is 106 cm³/mol. The lowest BCUT2D eigenvalue weighted by atomic mass is 10.0. The molecule has 146 valence electrons. The summed E-state index contributed by atoms with van der Waals surface area (Å²) in [7, 11) is 0. The molecular weight excluding hydrogens is 326 g/mol. The Morgan fingerprint density at radius 2 is 0.960 bits per heavy atom. The fourth-order valence-electron chi connectivity index (χ4n) is 3.61. The van der Waals surface area contributed by atoms with E-state index in [4.69, 9.17) is 0 Å². The van der Waals surface area contributed by atoms with E-state index in [0.29, 0.717) is 0 Å². The first-order valence-electron chi connectivity index (χ1n) is 10.7. The molecule has 0 aliphatic rings. The molecule has 25 heavy (non-hydrogen) atoms. The third kappa shape index (κ3) is 14.3. The lowest BCUT2D eigenvalue weighted by Crippen LogP contribution is -3.00. The van der Waals surface area contributed by atoms with Crippen LogP contribution < -0.4 is 17.0 Å². The van der Waals surface area contributed by atoms with Crippen molar-refractivity contribution in [2.24, 2.45) is 0 Å². The third-order valence-corrected chi connectivity index (χ3v) is 4.96. The van der Waals surface area contributed by atoms with Gasteiger partial charge in [-0.1, -0.05) is 84.0 Å². The minimum Gasteiger partial charge on any atom is -1.00 e. The number of rotatable bonds is 15. The second kappa shape index (κ2) is 16.9. The zero-order chi connectivity index (χ0) is 17.5. The summed E-state index contributed by atoms with van der Waals surface area (Å²) in [5, 5.41) is 0. The van der Waals surface area contributed by atoms with Crippen LogP contribution in [-0.2, 0) is 6.54 Å². The average molecular weight is 368 g/mol. The molecule has 0 saturated carbocycles. The molecule has 0 unspecified atom stereocenters.